The van der Waals surface area contributed by atoms with Crippen molar-refractivity contribution in [1.82, 2.24) is 0 Å². The molecule has 0 aromatic heterocycles. The van der Waals surface area contributed by atoms with E-state index in [0.29, 0.717) is 32.1 Å². The lowest BCUT2D eigenvalue weighted by atomic mass is 10.5. The third kappa shape index (κ3) is 13.3. The summed E-state index contributed by atoms with van der Waals surface area (Å²) in [5, 5.41) is 0. The Morgan fingerprint density at radius 3 is 0.567 bits per heavy atom. The molecule has 0 unspecified atom stereocenters. The minimum Gasteiger partial charge on any atom is -0.435 e. The minimum atomic E-state index is -0.157. The van der Waals surface area contributed by atoms with Gasteiger partial charge >= 0.3 is 29.8 Å². The normalized spacial score (nSPS) is 18.3. The lowest BCUT2D eigenvalue weighted by Crippen LogP contribution is -1.87. The molecule has 5 aliphatic heterocycles. The van der Waals surface area contributed by atoms with Crippen molar-refractivity contribution in [1.29, 1.82) is 0 Å². The molecule has 5 heterocycles. The van der Waals surface area contributed by atoms with E-state index < -0.39 is 0 Å². The average molecular weight is 420 g/mol. The highest BCUT2D eigenvalue weighted by Gasteiger charge is 2.03. The number of cyclic esters (lactones) is 5. The first-order valence-corrected chi connectivity index (χ1v) is 8.70. The van der Waals surface area contributed by atoms with Crippen molar-refractivity contribution >= 4 is 29.8 Å². The van der Waals surface area contributed by atoms with Gasteiger partial charge in [-0.2, -0.15) is 0 Å². The van der Waals surface area contributed by atoms with Crippen LogP contribution in [-0.2, 0) is 47.7 Å². The van der Waals surface area contributed by atoms with E-state index in [-0.39, 0.29) is 29.8 Å². The molecule has 5 rings (SSSR count). The third-order valence-electron chi connectivity index (χ3n) is 2.90. The molecule has 0 saturated carbocycles. The molecule has 0 aromatic carbocycles. The lowest BCUT2D eigenvalue weighted by molar-refractivity contribution is -0.136. The average Bonchev–Trinajstić information content (AvgIpc) is 3.50. The maximum atomic E-state index is 9.96. The number of rotatable bonds is 0. The van der Waals surface area contributed by atoms with Gasteiger partial charge in [-0.15, -0.1) is 0 Å². The summed E-state index contributed by atoms with van der Waals surface area (Å²) in [4.78, 5) is 49.8. The third-order valence-corrected chi connectivity index (χ3v) is 2.90. The van der Waals surface area contributed by atoms with Crippen LogP contribution in [0, 0.1) is 0 Å². The number of carbonyl (C=O) groups excluding carboxylic acids is 5. The van der Waals surface area contributed by atoms with Gasteiger partial charge in [-0.05, 0) is 30.4 Å². The monoisotopic (exact) mass is 420 g/mol. The molecule has 0 saturated heterocycles. The van der Waals surface area contributed by atoms with E-state index in [1.54, 1.807) is 30.4 Å². The summed E-state index contributed by atoms with van der Waals surface area (Å²) in [6.45, 7) is 0. The smallest absolute Gasteiger partial charge is 0.314 e. The molecule has 0 spiro atoms. The highest BCUT2D eigenvalue weighted by molar-refractivity contribution is 5.75. The van der Waals surface area contributed by atoms with Gasteiger partial charge in [-0.3, -0.25) is 24.0 Å². The minimum absolute atomic E-state index is 0.157. The first-order chi connectivity index (χ1) is 14.5. The number of carbonyl (C=O) groups is 5. The quantitative estimate of drug-likeness (QED) is 0.424. The standard InChI is InChI=1S/5C4H4O2/c5*5-4-2-1-3-6-4/h5*1,3H,2H2. The fraction of sp³-hybridized carbons (Fsp3) is 0.250. The van der Waals surface area contributed by atoms with Crippen LogP contribution in [-0.4, -0.2) is 29.8 Å². The largest absolute Gasteiger partial charge is 0.435 e. The van der Waals surface area contributed by atoms with Crippen LogP contribution < -0.4 is 0 Å². The maximum Gasteiger partial charge on any atom is 0.314 e. The Kier molecular flexibility index (Phi) is 12.1. The molecule has 0 amide bonds. The van der Waals surface area contributed by atoms with E-state index >= 15 is 0 Å². The number of hydrogen-bond donors (Lipinski definition) is 0. The molecule has 5 aliphatic rings. The van der Waals surface area contributed by atoms with E-state index in [0.717, 1.165) is 0 Å². The van der Waals surface area contributed by atoms with Crippen molar-refractivity contribution in [2.75, 3.05) is 0 Å². The Morgan fingerprint density at radius 1 is 0.367 bits per heavy atom. The van der Waals surface area contributed by atoms with Gasteiger partial charge in [-0.1, -0.05) is 0 Å². The van der Waals surface area contributed by atoms with Crippen LogP contribution >= 0.6 is 0 Å². The zero-order valence-electron chi connectivity index (χ0n) is 15.9. The van der Waals surface area contributed by atoms with Crippen molar-refractivity contribution in [3.8, 4) is 0 Å². The van der Waals surface area contributed by atoms with Gasteiger partial charge < -0.3 is 23.7 Å². The summed E-state index contributed by atoms with van der Waals surface area (Å²) in [5.74, 6) is -0.787. The topological polar surface area (TPSA) is 132 Å². The number of hydrogen-bond acceptors (Lipinski definition) is 10. The van der Waals surface area contributed by atoms with Crippen molar-refractivity contribution in [3.05, 3.63) is 61.7 Å². The summed E-state index contributed by atoms with van der Waals surface area (Å²) >= 11 is 0. The number of ether oxygens (including phenoxy) is 5. The highest BCUT2D eigenvalue weighted by Crippen LogP contribution is 1.98. The van der Waals surface area contributed by atoms with Gasteiger partial charge in [0.1, 0.15) is 0 Å². The van der Waals surface area contributed by atoms with Crippen molar-refractivity contribution in [3.63, 3.8) is 0 Å². The maximum absolute atomic E-state index is 9.96. The molecule has 30 heavy (non-hydrogen) atoms. The molecule has 160 valence electrons. The van der Waals surface area contributed by atoms with Crippen LogP contribution in [0.15, 0.2) is 61.7 Å². The van der Waals surface area contributed by atoms with E-state index in [9.17, 15) is 24.0 Å². The summed E-state index contributed by atoms with van der Waals surface area (Å²) in [6, 6.07) is 0. The molecule has 0 aromatic rings. The Hall–Kier alpha value is -3.95. The SMILES string of the molecule is O=C1CC=CO1.O=C1CC=CO1.O=C1CC=CO1.O=C1CC=CO1.O=C1CC=CO1. The molecule has 10 heteroatoms. The Morgan fingerprint density at radius 2 is 0.533 bits per heavy atom. The number of esters is 5. The van der Waals surface area contributed by atoms with Crippen molar-refractivity contribution in [2.24, 2.45) is 0 Å². The van der Waals surface area contributed by atoms with E-state index in [4.69, 9.17) is 0 Å². The summed E-state index contributed by atoms with van der Waals surface area (Å²) < 4.78 is 21.7. The fourth-order valence-electron chi connectivity index (χ4n) is 1.58. The van der Waals surface area contributed by atoms with E-state index in [1.807, 2.05) is 0 Å². The Bertz CT molecular complexity index is 570. The van der Waals surface area contributed by atoms with Crippen LogP contribution in [0.4, 0.5) is 0 Å². The van der Waals surface area contributed by atoms with Gasteiger partial charge in [0.25, 0.3) is 0 Å². The second-order valence-electron chi connectivity index (χ2n) is 5.33. The molecule has 0 bridgehead atoms. The van der Waals surface area contributed by atoms with Gasteiger partial charge in [0.2, 0.25) is 0 Å². The molecular weight excluding hydrogens is 400 g/mol. The van der Waals surface area contributed by atoms with Crippen LogP contribution in [0.25, 0.3) is 0 Å². The van der Waals surface area contributed by atoms with Gasteiger partial charge in [0, 0.05) is 0 Å². The summed E-state index contributed by atoms with van der Waals surface area (Å²) in [6.07, 6.45) is 17.7. The molecule has 0 radical (unpaired) electrons. The van der Waals surface area contributed by atoms with E-state index in [2.05, 4.69) is 23.7 Å². The molecule has 0 fully saturated rings. The first kappa shape index (κ1) is 24.1. The van der Waals surface area contributed by atoms with Gasteiger partial charge in [-0.25, -0.2) is 0 Å². The van der Waals surface area contributed by atoms with Crippen LogP contribution in [0.3, 0.4) is 0 Å². The van der Waals surface area contributed by atoms with Gasteiger partial charge in [0.15, 0.2) is 0 Å². The van der Waals surface area contributed by atoms with Crippen molar-refractivity contribution < 1.29 is 47.7 Å². The Labute approximate surface area is 172 Å². The molecular formula is C20H20O10. The van der Waals surface area contributed by atoms with Crippen molar-refractivity contribution in [2.45, 2.75) is 32.1 Å². The molecule has 10 nitrogen and oxygen atoms in total. The highest BCUT2D eigenvalue weighted by atomic mass is 16.5. The fourth-order valence-corrected chi connectivity index (χ4v) is 1.58. The molecule has 0 atom stereocenters. The van der Waals surface area contributed by atoms with E-state index in [1.165, 1.54) is 31.3 Å². The van der Waals surface area contributed by atoms with Gasteiger partial charge in [0.05, 0.1) is 63.4 Å². The van der Waals surface area contributed by atoms with Crippen LogP contribution in [0.5, 0.6) is 0 Å². The first-order valence-electron chi connectivity index (χ1n) is 8.70. The molecule has 0 aliphatic carbocycles. The zero-order valence-corrected chi connectivity index (χ0v) is 15.9. The lowest BCUT2D eigenvalue weighted by Gasteiger charge is -1.78. The predicted octanol–water partition coefficient (Wildman–Crippen LogP) is 2.24. The Balaban J connectivity index is 0.000000187. The summed E-state index contributed by atoms with van der Waals surface area (Å²) in [7, 11) is 0. The van der Waals surface area contributed by atoms with Crippen LogP contribution in [0.2, 0.25) is 0 Å². The predicted molar refractivity (Wildman–Crippen MR) is 99.2 cm³/mol. The molecule has 0 N–H and O–H groups in total. The second-order valence-corrected chi connectivity index (χ2v) is 5.33. The second kappa shape index (κ2) is 15.0. The zero-order chi connectivity index (χ0) is 22.0. The van der Waals surface area contributed by atoms with Crippen LogP contribution in [0.1, 0.15) is 32.1 Å². The summed E-state index contributed by atoms with van der Waals surface area (Å²) in [5.41, 5.74) is 0.